The zero-order valence-corrected chi connectivity index (χ0v) is 9.40. The molecule has 1 heterocycles. The second-order valence-corrected chi connectivity index (χ2v) is 4.17. The Labute approximate surface area is 91.8 Å². The van der Waals surface area contributed by atoms with Crippen molar-refractivity contribution in [3.05, 3.63) is 21.3 Å². The third-order valence-electron chi connectivity index (χ3n) is 1.81. The first kappa shape index (κ1) is 11.7. The molecule has 1 rings (SSSR count). The second-order valence-electron chi connectivity index (χ2n) is 2.85. The molecule has 0 aliphatic rings. The summed E-state index contributed by atoms with van der Waals surface area (Å²) >= 11 is 7.13. The Morgan fingerprint density at radius 2 is 2.50 bits per heavy atom. The molecule has 14 heavy (non-hydrogen) atoms. The van der Waals surface area contributed by atoms with Crippen molar-refractivity contribution in [2.45, 2.75) is 12.5 Å². The molecule has 1 atom stereocenters. The minimum absolute atomic E-state index is 0.109. The Morgan fingerprint density at radius 1 is 1.79 bits per heavy atom. The van der Waals surface area contributed by atoms with Gasteiger partial charge in [0.2, 0.25) is 0 Å². The Morgan fingerprint density at radius 3 is 3.00 bits per heavy atom. The van der Waals surface area contributed by atoms with Gasteiger partial charge in [0.05, 0.1) is 15.9 Å². The summed E-state index contributed by atoms with van der Waals surface area (Å²) in [5.41, 5.74) is 5.68. The molecule has 78 valence electrons. The SMILES string of the molecule is COCCC(N)C(=O)c1sccc1Cl. The molecule has 0 saturated heterocycles. The number of carbonyl (C=O) groups is 1. The number of hydrogen-bond acceptors (Lipinski definition) is 4. The predicted molar refractivity (Wildman–Crippen MR) is 58.1 cm³/mol. The zero-order chi connectivity index (χ0) is 10.6. The summed E-state index contributed by atoms with van der Waals surface area (Å²) < 4.78 is 4.85. The van der Waals surface area contributed by atoms with Crippen molar-refractivity contribution in [3.63, 3.8) is 0 Å². The summed E-state index contributed by atoms with van der Waals surface area (Å²) in [6.07, 6.45) is 0.517. The molecule has 0 bridgehead atoms. The van der Waals surface area contributed by atoms with Gasteiger partial charge >= 0.3 is 0 Å². The number of Topliss-reactive ketones (excluding diaryl/α,β-unsaturated/α-hetero) is 1. The topological polar surface area (TPSA) is 52.3 Å². The predicted octanol–water partition coefficient (Wildman–Crippen LogP) is 1.95. The maximum atomic E-state index is 11.7. The van der Waals surface area contributed by atoms with Crippen molar-refractivity contribution in [1.82, 2.24) is 0 Å². The van der Waals surface area contributed by atoms with Crippen LogP contribution in [0.3, 0.4) is 0 Å². The zero-order valence-electron chi connectivity index (χ0n) is 7.83. The van der Waals surface area contributed by atoms with Gasteiger partial charge in [-0.25, -0.2) is 0 Å². The highest BCUT2D eigenvalue weighted by Crippen LogP contribution is 2.23. The summed E-state index contributed by atoms with van der Waals surface area (Å²) in [5.74, 6) is -0.109. The number of ketones is 1. The van der Waals surface area contributed by atoms with Gasteiger partial charge in [0.1, 0.15) is 0 Å². The number of rotatable bonds is 5. The van der Waals surface area contributed by atoms with Gasteiger partial charge in [0.25, 0.3) is 0 Å². The van der Waals surface area contributed by atoms with Gasteiger partial charge in [0.15, 0.2) is 5.78 Å². The average Bonchev–Trinajstić information content (AvgIpc) is 2.59. The van der Waals surface area contributed by atoms with E-state index in [9.17, 15) is 4.79 Å². The number of nitrogens with two attached hydrogens (primary N) is 1. The lowest BCUT2D eigenvalue weighted by Crippen LogP contribution is -2.31. The van der Waals surface area contributed by atoms with Crippen LogP contribution in [0.4, 0.5) is 0 Å². The molecular formula is C9H12ClNO2S. The van der Waals surface area contributed by atoms with Gasteiger partial charge in [-0.2, -0.15) is 0 Å². The van der Waals surface area contributed by atoms with Gasteiger partial charge in [-0.3, -0.25) is 4.79 Å². The Bertz CT molecular complexity index is 314. The van der Waals surface area contributed by atoms with Crippen LogP contribution in [0.2, 0.25) is 5.02 Å². The summed E-state index contributed by atoms with van der Waals surface area (Å²) in [7, 11) is 1.58. The molecule has 0 fully saturated rings. The molecule has 5 heteroatoms. The number of halogens is 1. The van der Waals surface area contributed by atoms with E-state index < -0.39 is 6.04 Å². The first-order valence-corrected chi connectivity index (χ1v) is 5.44. The molecule has 3 nitrogen and oxygen atoms in total. The molecule has 1 aromatic heterocycles. The van der Waals surface area contributed by atoms with Crippen LogP contribution in [-0.4, -0.2) is 25.5 Å². The summed E-state index contributed by atoms with van der Waals surface area (Å²) in [4.78, 5) is 12.2. The van der Waals surface area contributed by atoms with Crippen LogP contribution < -0.4 is 5.73 Å². The summed E-state index contributed by atoms with van der Waals surface area (Å²) in [5, 5.41) is 2.26. The maximum Gasteiger partial charge on any atom is 0.191 e. The molecule has 0 radical (unpaired) electrons. The standard InChI is InChI=1S/C9H12ClNO2S/c1-13-4-2-7(11)8(12)9-6(10)3-5-14-9/h3,5,7H,2,4,11H2,1H3. The van der Waals surface area contributed by atoms with Gasteiger partial charge in [-0.05, 0) is 17.9 Å². The normalized spacial score (nSPS) is 12.8. The molecular weight excluding hydrogens is 222 g/mol. The number of carbonyl (C=O) groups excluding carboxylic acids is 1. The summed E-state index contributed by atoms with van der Waals surface area (Å²) in [6, 6.07) is 1.17. The molecule has 0 aliphatic carbocycles. The second kappa shape index (κ2) is 5.46. The minimum atomic E-state index is -0.522. The van der Waals surface area contributed by atoms with Crippen molar-refractivity contribution in [2.24, 2.45) is 5.73 Å². The number of hydrogen-bond donors (Lipinski definition) is 1. The first-order valence-electron chi connectivity index (χ1n) is 4.18. The third-order valence-corrected chi connectivity index (χ3v) is 3.17. The van der Waals surface area contributed by atoms with E-state index in [1.165, 1.54) is 11.3 Å². The minimum Gasteiger partial charge on any atom is -0.385 e. The van der Waals surface area contributed by atoms with Crippen LogP contribution in [0.25, 0.3) is 0 Å². The molecule has 0 saturated carbocycles. The molecule has 0 aromatic carbocycles. The highest BCUT2D eigenvalue weighted by molar-refractivity contribution is 7.12. The van der Waals surface area contributed by atoms with E-state index in [4.69, 9.17) is 22.1 Å². The van der Waals surface area contributed by atoms with E-state index in [0.717, 1.165) is 0 Å². The van der Waals surface area contributed by atoms with Crippen molar-refractivity contribution < 1.29 is 9.53 Å². The van der Waals surface area contributed by atoms with Crippen LogP contribution in [0.1, 0.15) is 16.1 Å². The van der Waals surface area contributed by atoms with Crippen molar-refractivity contribution in [1.29, 1.82) is 0 Å². The average molecular weight is 234 g/mol. The Hall–Kier alpha value is -0.420. The fraction of sp³-hybridized carbons (Fsp3) is 0.444. The largest absolute Gasteiger partial charge is 0.385 e. The van der Waals surface area contributed by atoms with E-state index in [-0.39, 0.29) is 5.78 Å². The maximum absolute atomic E-state index is 11.7. The smallest absolute Gasteiger partial charge is 0.191 e. The lowest BCUT2D eigenvalue weighted by molar-refractivity contribution is 0.0939. The molecule has 0 amide bonds. The van der Waals surface area contributed by atoms with E-state index in [1.807, 2.05) is 0 Å². The van der Waals surface area contributed by atoms with E-state index in [1.54, 1.807) is 18.6 Å². The molecule has 2 N–H and O–H groups in total. The third kappa shape index (κ3) is 2.78. The van der Waals surface area contributed by atoms with E-state index in [0.29, 0.717) is 22.9 Å². The highest BCUT2D eigenvalue weighted by Gasteiger charge is 2.19. The van der Waals surface area contributed by atoms with Crippen molar-refractivity contribution in [2.75, 3.05) is 13.7 Å². The lowest BCUT2D eigenvalue weighted by Gasteiger charge is -2.08. The summed E-state index contributed by atoms with van der Waals surface area (Å²) in [6.45, 7) is 0.482. The van der Waals surface area contributed by atoms with E-state index >= 15 is 0 Å². The number of methoxy groups -OCH3 is 1. The highest BCUT2D eigenvalue weighted by atomic mass is 35.5. The van der Waals surface area contributed by atoms with Crippen LogP contribution in [0, 0.1) is 0 Å². The molecule has 0 aliphatic heterocycles. The quantitative estimate of drug-likeness (QED) is 0.791. The van der Waals surface area contributed by atoms with Crippen LogP contribution in [0.15, 0.2) is 11.4 Å². The lowest BCUT2D eigenvalue weighted by atomic mass is 10.1. The molecule has 0 spiro atoms. The molecule has 1 aromatic rings. The van der Waals surface area contributed by atoms with Crippen LogP contribution >= 0.6 is 22.9 Å². The molecule has 1 unspecified atom stereocenters. The number of ether oxygens (including phenoxy) is 1. The Kier molecular flexibility index (Phi) is 4.54. The fourth-order valence-corrected chi connectivity index (χ4v) is 2.17. The van der Waals surface area contributed by atoms with Crippen molar-refractivity contribution in [3.8, 4) is 0 Å². The Balaban J connectivity index is 2.61. The first-order chi connectivity index (χ1) is 6.66. The number of thiophene rings is 1. The van der Waals surface area contributed by atoms with Gasteiger partial charge in [0, 0.05) is 13.7 Å². The van der Waals surface area contributed by atoms with Gasteiger partial charge in [-0.15, -0.1) is 11.3 Å². The van der Waals surface area contributed by atoms with Gasteiger partial charge < -0.3 is 10.5 Å². The van der Waals surface area contributed by atoms with E-state index in [2.05, 4.69) is 0 Å². The van der Waals surface area contributed by atoms with Crippen LogP contribution in [-0.2, 0) is 4.74 Å². The van der Waals surface area contributed by atoms with Crippen molar-refractivity contribution >= 4 is 28.7 Å². The van der Waals surface area contributed by atoms with Crippen LogP contribution in [0.5, 0.6) is 0 Å². The van der Waals surface area contributed by atoms with Gasteiger partial charge in [-0.1, -0.05) is 11.6 Å². The fourth-order valence-electron chi connectivity index (χ4n) is 1.01. The monoisotopic (exact) mass is 233 g/mol.